The molecule has 4 heteroatoms. The van der Waals surface area contributed by atoms with Crippen LogP contribution in [0.3, 0.4) is 0 Å². The summed E-state index contributed by atoms with van der Waals surface area (Å²) >= 11 is 1.96. The minimum absolute atomic E-state index is 0.0397. The van der Waals surface area contributed by atoms with Gasteiger partial charge in [0, 0.05) is 12.5 Å². The first-order valence-electron chi connectivity index (χ1n) is 7.69. The molecule has 0 aromatic heterocycles. The minimum atomic E-state index is -0.996. The van der Waals surface area contributed by atoms with Gasteiger partial charge in [0.05, 0.1) is 5.60 Å². The maximum absolute atomic E-state index is 12.6. The lowest BCUT2D eigenvalue weighted by atomic mass is 9.78. The summed E-state index contributed by atoms with van der Waals surface area (Å²) in [6, 6.07) is 9.24. The second-order valence-electron chi connectivity index (χ2n) is 6.05. The quantitative estimate of drug-likeness (QED) is 0.932. The molecule has 2 atom stereocenters. The van der Waals surface area contributed by atoms with E-state index in [1.165, 1.54) is 0 Å². The van der Waals surface area contributed by atoms with Crippen LogP contribution in [0.4, 0.5) is 0 Å². The highest BCUT2D eigenvalue weighted by molar-refractivity contribution is 7.99. The third kappa shape index (κ3) is 3.33. The van der Waals surface area contributed by atoms with Crippen molar-refractivity contribution >= 4 is 17.5 Å². The molecule has 0 aliphatic carbocycles. The topological polar surface area (TPSA) is 46.5 Å². The molecule has 1 N–H and O–H groups in total. The number of ether oxygens (including phenoxy) is 1. The van der Waals surface area contributed by atoms with Crippen LogP contribution < -0.4 is 0 Å². The number of aliphatic hydroxyl groups excluding tert-OH is 1. The molecule has 2 saturated heterocycles. The van der Waals surface area contributed by atoms with E-state index in [0.717, 1.165) is 37.2 Å². The Morgan fingerprint density at radius 2 is 2.00 bits per heavy atom. The average molecular weight is 306 g/mol. The SMILES string of the molecule is O=C(C1CCOC2(CCSCC2)C1)C(O)c1ccccc1. The Hall–Kier alpha value is -0.840. The molecule has 2 aliphatic heterocycles. The summed E-state index contributed by atoms with van der Waals surface area (Å²) in [5.41, 5.74) is 0.586. The number of hydrogen-bond donors (Lipinski definition) is 1. The second kappa shape index (κ2) is 6.51. The van der Waals surface area contributed by atoms with Crippen molar-refractivity contribution in [2.45, 2.75) is 37.4 Å². The molecule has 1 spiro atoms. The van der Waals surface area contributed by atoms with Crippen LogP contribution in [0.1, 0.15) is 37.4 Å². The molecule has 2 unspecified atom stereocenters. The van der Waals surface area contributed by atoms with E-state index >= 15 is 0 Å². The summed E-state index contributed by atoms with van der Waals surface area (Å²) in [4.78, 5) is 12.6. The molecule has 0 saturated carbocycles. The lowest BCUT2D eigenvalue weighted by Crippen LogP contribution is -2.45. The Labute approximate surface area is 130 Å². The summed E-state index contributed by atoms with van der Waals surface area (Å²) in [5.74, 6) is 2.11. The Bertz CT molecular complexity index is 477. The van der Waals surface area contributed by atoms with Crippen molar-refractivity contribution < 1.29 is 14.6 Å². The van der Waals surface area contributed by atoms with Crippen LogP contribution in [0.2, 0.25) is 0 Å². The summed E-state index contributed by atoms with van der Waals surface area (Å²) in [6.45, 7) is 0.641. The van der Waals surface area contributed by atoms with E-state index in [9.17, 15) is 9.90 Å². The van der Waals surface area contributed by atoms with E-state index in [0.29, 0.717) is 12.2 Å². The summed E-state index contributed by atoms with van der Waals surface area (Å²) in [5, 5.41) is 10.3. The number of carbonyl (C=O) groups is 1. The molecule has 0 radical (unpaired) electrons. The first-order valence-corrected chi connectivity index (χ1v) is 8.84. The third-order valence-electron chi connectivity index (χ3n) is 4.68. The molecule has 2 heterocycles. The maximum Gasteiger partial charge on any atom is 0.169 e. The van der Waals surface area contributed by atoms with Crippen molar-refractivity contribution in [2.75, 3.05) is 18.1 Å². The number of hydrogen-bond acceptors (Lipinski definition) is 4. The van der Waals surface area contributed by atoms with Gasteiger partial charge in [-0.05, 0) is 42.8 Å². The molecule has 1 aromatic rings. The molecule has 21 heavy (non-hydrogen) atoms. The summed E-state index contributed by atoms with van der Waals surface area (Å²) in [7, 11) is 0. The van der Waals surface area contributed by atoms with Gasteiger partial charge in [0.2, 0.25) is 0 Å². The van der Waals surface area contributed by atoms with Crippen molar-refractivity contribution in [3.8, 4) is 0 Å². The van der Waals surface area contributed by atoms with Gasteiger partial charge in [0.15, 0.2) is 5.78 Å². The number of Topliss-reactive ketones (excluding diaryl/α,β-unsaturated/α-hetero) is 1. The fourth-order valence-corrected chi connectivity index (χ4v) is 4.62. The van der Waals surface area contributed by atoms with E-state index in [2.05, 4.69) is 0 Å². The van der Waals surface area contributed by atoms with Gasteiger partial charge in [0.25, 0.3) is 0 Å². The zero-order valence-corrected chi connectivity index (χ0v) is 13.0. The maximum atomic E-state index is 12.6. The van der Waals surface area contributed by atoms with Crippen molar-refractivity contribution in [1.29, 1.82) is 0 Å². The Kier molecular flexibility index (Phi) is 4.67. The zero-order chi connectivity index (χ0) is 14.7. The van der Waals surface area contributed by atoms with E-state index in [1.807, 2.05) is 42.1 Å². The molecule has 0 bridgehead atoms. The molecular formula is C17H22O3S. The number of benzene rings is 1. The van der Waals surface area contributed by atoms with Gasteiger partial charge in [-0.2, -0.15) is 11.8 Å². The Morgan fingerprint density at radius 3 is 2.71 bits per heavy atom. The van der Waals surface area contributed by atoms with Gasteiger partial charge in [0.1, 0.15) is 6.10 Å². The van der Waals surface area contributed by atoms with Crippen molar-refractivity contribution in [3.05, 3.63) is 35.9 Å². The predicted molar refractivity (Wildman–Crippen MR) is 84.4 cm³/mol. The number of aliphatic hydroxyl groups is 1. The normalized spacial score (nSPS) is 26.4. The fraction of sp³-hybridized carbons (Fsp3) is 0.588. The predicted octanol–water partition coefficient (Wildman–Crippen LogP) is 2.98. The largest absolute Gasteiger partial charge is 0.381 e. The van der Waals surface area contributed by atoms with Crippen molar-refractivity contribution in [1.82, 2.24) is 0 Å². The van der Waals surface area contributed by atoms with Gasteiger partial charge in [-0.3, -0.25) is 4.79 Å². The number of thioether (sulfide) groups is 1. The van der Waals surface area contributed by atoms with Crippen LogP contribution in [0.5, 0.6) is 0 Å². The second-order valence-corrected chi connectivity index (χ2v) is 7.27. The molecule has 0 amide bonds. The standard InChI is InChI=1S/C17H22O3S/c18-15(13-4-2-1-3-5-13)16(19)14-6-9-20-17(12-14)7-10-21-11-8-17/h1-5,14-15,18H,6-12H2. The van der Waals surface area contributed by atoms with E-state index in [-0.39, 0.29) is 17.3 Å². The lowest BCUT2D eigenvalue weighted by Gasteiger charge is -2.43. The van der Waals surface area contributed by atoms with Crippen LogP contribution in [0.15, 0.2) is 30.3 Å². The summed E-state index contributed by atoms with van der Waals surface area (Å²) < 4.78 is 6.03. The first-order chi connectivity index (χ1) is 10.2. The highest BCUT2D eigenvalue weighted by Gasteiger charge is 2.42. The summed E-state index contributed by atoms with van der Waals surface area (Å²) in [6.07, 6.45) is 2.57. The molecular weight excluding hydrogens is 284 g/mol. The number of ketones is 1. The molecule has 3 rings (SSSR count). The fourth-order valence-electron chi connectivity index (χ4n) is 3.39. The first kappa shape index (κ1) is 15.1. The van der Waals surface area contributed by atoms with Gasteiger partial charge >= 0.3 is 0 Å². The van der Waals surface area contributed by atoms with Crippen molar-refractivity contribution in [2.24, 2.45) is 5.92 Å². The minimum Gasteiger partial charge on any atom is -0.381 e. The molecule has 2 aliphatic rings. The Morgan fingerprint density at radius 1 is 1.29 bits per heavy atom. The third-order valence-corrected chi connectivity index (χ3v) is 5.67. The van der Waals surface area contributed by atoms with Crippen molar-refractivity contribution in [3.63, 3.8) is 0 Å². The van der Waals surface area contributed by atoms with E-state index in [1.54, 1.807) is 0 Å². The lowest BCUT2D eigenvalue weighted by molar-refractivity contribution is -0.146. The highest BCUT2D eigenvalue weighted by Crippen LogP contribution is 2.41. The van der Waals surface area contributed by atoms with Crippen LogP contribution >= 0.6 is 11.8 Å². The van der Waals surface area contributed by atoms with Crippen LogP contribution in [0, 0.1) is 5.92 Å². The van der Waals surface area contributed by atoms with Gasteiger partial charge in [-0.15, -0.1) is 0 Å². The Balaban J connectivity index is 1.69. The van der Waals surface area contributed by atoms with Crippen LogP contribution in [-0.2, 0) is 9.53 Å². The van der Waals surface area contributed by atoms with Gasteiger partial charge in [-0.25, -0.2) is 0 Å². The molecule has 114 valence electrons. The smallest absolute Gasteiger partial charge is 0.169 e. The highest BCUT2D eigenvalue weighted by atomic mass is 32.2. The average Bonchev–Trinajstić information content (AvgIpc) is 2.55. The molecule has 1 aromatic carbocycles. The van der Waals surface area contributed by atoms with Gasteiger partial charge in [-0.1, -0.05) is 30.3 Å². The molecule has 2 fully saturated rings. The van der Waals surface area contributed by atoms with Gasteiger partial charge < -0.3 is 9.84 Å². The van der Waals surface area contributed by atoms with E-state index < -0.39 is 6.10 Å². The van der Waals surface area contributed by atoms with Crippen LogP contribution in [-0.4, -0.2) is 34.6 Å². The molecule has 3 nitrogen and oxygen atoms in total. The monoisotopic (exact) mass is 306 g/mol. The van der Waals surface area contributed by atoms with E-state index in [4.69, 9.17) is 4.74 Å². The van der Waals surface area contributed by atoms with Crippen LogP contribution in [0.25, 0.3) is 0 Å². The number of rotatable bonds is 3. The number of carbonyl (C=O) groups excluding carboxylic acids is 1. The zero-order valence-electron chi connectivity index (χ0n) is 12.2.